The van der Waals surface area contributed by atoms with Crippen LogP contribution in [-0.2, 0) is 11.3 Å². The molecule has 0 saturated heterocycles. The van der Waals surface area contributed by atoms with Crippen molar-refractivity contribution in [1.29, 1.82) is 0 Å². The molecule has 1 unspecified atom stereocenters. The zero-order chi connectivity index (χ0) is 13.6. The largest absolute Gasteiger partial charge is 0.373 e. The fraction of sp³-hybridized carbons (Fsp3) is 0.308. The number of halogens is 2. The van der Waals surface area contributed by atoms with E-state index in [-0.39, 0.29) is 18.0 Å². The molecular formula is C13H12F2N2O2. The molecular weight excluding hydrogens is 254 g/mol. The van der Waals surface area contributed by atoms with Gasteiger partial charge in [0.25, 0.3) is 5.56 Å². The Balaban J connectivity index is 2.42. The van der Waals surface area contributed by atoms with Crippen molar-refractivity contribution in [2.45, 2.75) is 12.6 Å². The monoisotopic (exact) mass is 266 g/mol. The summed E-state index contributed by atoms with van der Waals surface area (Å²) < 4.78 is 32.1. The SMILES string of the molecule is CNC1COCc2[nH]c(=O)c3cc(F)c(F)cc3c21. The van der Waals surface area contributed by atoms with Gasteiger partial charge >= 0.3 is 0 Å². The quantitative estimate of drug-likeness (QED) is 0.824. The number of aromatic amines is 1. The first-order valence-corrected chi connectivity index (χ1v) is 5.90. The lowest BCUT2D eigenvalue weighted by molar-refractivity contribution is 0.0819. The number of H-pyrrole nitrogens is 1. The van der Waals surface area contributed by atoms with Gasteiger partial charge in [-0.05, 0) is 24.6 Å². The van der Waals surface area contributed by atoms with Crippen LogP contribution in [0.25, 0.3) is 10.8 Å². The Morgan fingerprint density at radius 3 is 2.68 bits per heavy atom. The summed E-state index contributed by atoms with van der Waals surface area (Å²) in [7, 11) is 1.75. The Kier molecular flexibility index (Phi) is 2.83. The molecule has 0 bridgehead atoms. The zero-order valence-corrected chi connectivity index (χ0v) is 10.2. The molecule has 3 rings (SSSR count). The molecule has 0 radical (unpaired) electrons. The highest BCUT2D eigenvalue weighted by Crippen LogP contribution is 2.30. The van der Waals surface area contributed by atoms with Gasteiger partial charge in [-0.3, -0.25) is 4.79 Å². The van der Waals surface area contributed by atoms with E-state index in [2.05, 4.69) is 10.3 Å². The van der Waals surface area contributed by atoms with E-state index in [1.165, 1.54) is 0 Å². The predicted octanol–water partition coefficient (Wildman–Crippen LogP) is 1.60. The number of pyridine rings is 1. The summed E-state index contributed by atoms with van der Waals surface area (Å²) in [5.41, 5.74) is 0.935. The fourth-order valence-electron chi connectivity index (χ4n) is 2.49. The number of likely N-dealkylation sites (N-methyl/N-ethyl adjacent to an activating group) is 1. The maximum absolute atomic E-state index is 13.4. The summed E-state index contributed by atoms with van der Waals surface area (Å²) in [6.45, 7) is 0.682. The van der Waals surface area contributed by atoms with Crippen LogP contribution in [0.2, 0.25) is 0 Å². The number of fused-ring (bicyclic) bond motifs is 3. The first-order valence-electron chi connectivity index (χ1n) is 5.90. The molecule has 4 nitrogen and oxygen atoms in total. The summed E-state index contributed by atoms with van der Waals surface area (Å²) in [6, 6.07) is 1.85. The van der Waals surface area contributed by atoms with Gasteiger partial charge in [0.2, 0.25) is 0 Å². The molecule has 2 N–H and O–H groups in total. The zero-order valence-electron chi connectivity index (χ0n) is 10.2. The standard InChI is InChI=1S/C13H12F2N2O2/c1-16-10-4-19-5-11-12(10)6-2-8(14)9(15)3-7(6)13(18)17-11/h2-3,10,16H,4-5H2,1H3,(H,17,18). The Morgan fingerprint density at radius 2 is 2.00 bits per heavy atom. The van der Waals surface area contributed by atoms with Gasteiger partial charge in [-0.25, -0.2) is 8.78 Å². The third-order valence-electron chi connectivity index (χ3n) is 3.41. The van der Waals surface area contributed by atoms with Crippen LogP contribution in [-0.4, -0.2) is 18.6 Å². The van der Waals surface area contributed by atoms with Crippen LogP contribution in [0.5, 0.6) is 0 Å². The summed E-state index contributed by atoms with van der Waals surface area (Å²) in [4.78, 5) is 14.6. The second-order valence-electron chi connectivity index (χ2n) is 4.51. The molecule has 19 heavy (non-hydrogen) atoms. The molecule has 1 aromatic heterocycles. The van der Waals surface area contributed by atoms with E-state index >= 15 is 0 Å². The van der Waals surface area contributed by atoms with Crippen LogP contribution < -0.4 is 10.9 Å². The smallest absolute Gasteiger partial charge is 0.256 e. The molecule has 0 aliphatic carbocycles. The van der Waals surface area contributed by atoms with Crippen molar-refractivity contribution in [3.8, 4) is 0 Å². The lowest BCUT2D eigenvalue weighted by atomic mass is 9.96. The average Bonchev–Trinajstić information content (AvgIpc) is 2.40. The first-order chi connectivity index (χ1) is 9.11. The van der Waals surface area contributed by atoms with E-state index < -0.39 is 17.2 Å². The highest BCUT2D eigenvalue weighted by molar-refractivity contribution is 5.86. The summed E-state index contributed by atoms with van der Waals surface area (Å²) >= 11 is 0. The number of hydrogen-bond donors (Lipinski definition) is 2. The van der Waals surface area contributed by atoms with E-state index in [4.69, 9.17) is 4.74 Å². The van der Waals surface area contributed by atoms with Gasteiger partial charge in [0.1, 0.15) is 0 Å². The van der Waals surface area contributed by atoms with Gasteiger partial charge in [0.15, 0.2) is 11.6 Å². The Labute approximate surface area is 107 Å². The number of hydrogen-bond acceptors (Lipinski definition) is 3. The van der Waals surface area contributed by atoms with Gasteiger partial charge in [0.05, 0.1) is 24.6 Å². The fourth-order valence-corrected chi connectivity index (χ4v) is 2.49. The minimum Gasteiger partial charge on any atom is -0.373 e. The van der Waals surface area contributed by atoms with Crippen molar-refractivity contribution >= 4 is 10.8 Å². The van der Waals surface area contributed by atoms with Gasteiger partial charge in [-0.1, -0.05) is 0 Å². The number of rotatable bonds is 1. The summed E-state index contributed by atoms with van der Waals surface area (Å²) in [5.74, 6) is -1.98. The molecule has 0 spiro atoms. The van der Waals surface area contributed by atoms with Crippen molar-refractivity contribution in [2.24, 2.45) is 0 Å². The van der Waals surface area contributed by atoms with E-state index in [0.29, 0.717) is 17.7 Å². The molecule has 1 aromatic carbocycles. The highest BCUT2D eigenvalue weighted by atomic mass is 19.2. The molecule has 6 heteroatoms. The van der Waals surface area contributed by atoms with E-state index in [9.17, 15) is 13.6 Å². The molecule has 1 atom stereocenters. The first kappa shape index (κ1) is 12.3. The molecule has 0 amide bonds. The van der Waals surface area contributed by atoms with Crippen LogP contribution in [0.3, 0.4) is 0 Å². The Hall–Kier alpha value is -1.79. The lowest BCUT2D eigenvalue weighted by Gasteiger charge is -2.26. The molecule has 1 aliphatic heterocycles. The van der Waals surface area contributed by atoms with Gasteiger partial charge in [-0.15, -0.1) is 0 Å². The average molecular weight is 266 g/mol. The number of nitrogens with one attached hydrogen (secondary N) is 2. The normalized spacial score (nSPS) is 18.6. The minimum atomic E-state index is -1.02. The third kappa shape index (κ3) is 1.84. The number of benzene rings is 1. The molecule has 0 saturated carbocycles. The van der Waals surface area contributed by atoms with Crippen molar-refractivity contribution in [1.82, 2.24) is 10.3 Å². The maximum atomic E-state index is 13.4. The highest BCUT2D eigenvalue weighted by Gasteiger charge is 2.24. The lowest BCUT2D eigenvalue weighted by Crippen LogP contribution is -2.30. The van der Waals surface area contributed by atoms with Crippen LogP contribution >= 0.6 is 0 Å². The van der Waals surface area contributed by atoms with Crippen LogP contribution in [0.15, 0.2) is 16.9 Å². The van der Waals surface area contributed by atoms with E-state index in [1.807, 2.05) is 0 Å². The minimum absolute atomic E-state index is 0.153. The van der Waals surface area contributed by atoms with Gasteiger partial charge in [0, 0.05) is 11.3 Å². The second-order valence-corrected chi connectivity index (χ2v) is 4.51. The van der Waals surface area contributed by atoms with E-state index in [0.717, 1.165) is 17.7 Å². The molecule has 0 fully saturated rings. The van der Waals surface area contributed by atoms with Crippen LogP contribution in [0.1, 0.15) is 17.3 Å². The summed E-state index contributed by atoms with van der Waals surface area (Å²) in [6.07, 6.45) is 0. The molecule has 100 valence electrons. The predicted molar refractivity (Wildman–Crippen MR) is 65.9 cm³/mol. The van der Waals surface area contributed by atoms with Gasteiger partial charge < -0.3 is 15.0 Å². The maximum Gasteiger partial charge on any atom is 0.256 e. The van der Waals surface area contributed by atoms with E-state index in [1.54, 1.807) is 7.05 Å². The van der Waals surface area contributed by atoms with Crippen molar-refractivity contribution in [3.63, 3.8) is 0 Å². The van der Waals surface area contributed by atoms with Crippen LogP contribution in [0, 0.1) is 11.6 Å². The second kappa shape index (κ2) is 4.40. The third-order valence-corrected chi connectivity index (χ3v) is 3.41. The Bertz CT molecular complexity index is 712. The summed E-state index contributed by atoms with van der Waals surface area (Å²) in [5, 5.41) is 3.63. The Morgan fingerprint density at radius 1 is 1.32 bits per heavy atom. The van der Waals surface area contributed by atoms with Crippen LogP contribution in [0.4, 0.5) is 8.78 Å². The molecule has 2 heterocycles. The van der Waals surface area contributed by atoms with Crippen molar-refractivity contribution in [2.75, 3.05) is 13.7 Å². The number of ether oxygens (including phenoxy) is 1. The van der Waals surface area contributed by atoms with Crippen molar-refractivity contribution < 1.29 is 13.5 Å². The molecule has 2 aromatic rings. The van der Waals surface area contributed by atoms with Crippen molar-refractivity contribution in [3.05, 3.63) is 45.4 Å². The van der Waals surface area contributed by atoms with Gasteiger partial charge in [-0.2, -0.15) is 0 Å². The topological polar surface area (TPSA) is 54.1 Å². The number of aromatic nitrogens is 1. The molecule has 1 aliphatic rings.